The van der Waals surface area contributed by atoms with Gasteiger partial charge >= 0.3 is 0 Å². The van der Waals surface area contributed by atoms with E-state index in [-0.39, 0.29) is 12.1 Å². The molecular formula is C21H29N5OS. The lowest BCUT2D eigenvalue weighted by atomic mass is 9.96. The average Bonchev–Trinajstić information content (AvgIpc) is 3.21. The number of thiocarbonyl (C=S) groups is 1. The number of nitrogens with zero attached hydrogens (tertiary/aromatic N) is 3. The lowest BCUT2D eigenvalue weighted by Gasteiger charge is -2.30. The van der Waals surface area contributed by atoms with Crippen molar-refractivity contribution in [3.63, 3.8) is 0 Å². The van der Waals surface area contributed by atoms with Crippen molar-refractivity contribution < 1.29 is 4.74 Å². The van der Waals surface area contributed by atoms with Crippen molar-refractivity contribution in [2.75, 3.05) is 39.4 Å². The minimum Gasteiger partial charge on any atom is -0.379 e. The highest BCUT2D eigenvalue weighted by molar-refractivity contribution is 7.80. The van der Waals surface area contributed by atoms with Crippen LogP contribution in [-0.4, -0.2) is 64.3 Å². The van der Waals surface area contributed by atoms with E-state index in [0.29, 0.717) is 0 Å². The first-order valence-electron chi connectivity index (χ1n) is 10.1. The molecule has 0 saturated carbocycles. The van der Waals surface area contributed by atoms with Gasteiger partial charge in [-0.2, -0.15) is 0 Å². The van der Waals surface area contributed by atoms with Crippen LogP contribution in [0.3, 0.4) is 0 Å². The largest absolute Gasteiger partial charge is 0.379 e. The summed E-state index contributed by atoms with van der Waals surface area (Å²) in [7, 11) is 0. The van der Waals surface area contributed by atoms with Crippen LogP contribution in [0.15, 0.2) is 30.5 Å². The van der Waals surface area contributed by atoms with Gasteiger partial charge in [0, 0.05) is 43.8 Å². The Kier molecular flexibility index (Phi) is 5.94. The average molecular weight is 400 g/mol. The monoisotopic (exact) mass is 399 g/mol. The molecule has 0 radical (unpaired) electrons. The molecule has 2 fully saturated rings. The quantitative estimate of drug-likeness (QED) is 0.729. The topological polar surface area (TPSA) is 56.4 Å². The van der Waals surface area contributed by atoms with Gasteiger partial charge in [-0.25, -0.2) is 0 Å². The number of pyridine rings is 1. The molecule has 2 saturated heterocycles. The van der Waals surface area contributed by atoms with E-state index < -0.39 is 0 Å². The van der Waals surface area contributed by atoms with Crippen molar-refractivity contribution in [2.24, 2.45) is 0 Å². The first-order chi connectivity index (χ1) is 13.6. The highest BCUT2D eigenvalue weighted by atomic mass is 32.1. The maximum atomic E-state index is 5.76. The number of morpholine rings is 1. The van der Waals surface area contributed by atoms with Crippen LogP contribution < -0.4 is 5.32 Å². The fourth-order valence-corrected chi connectivity index (χ4v) is 4.66. The molecule has 4 heterocycles. The highest BCUT2D eigenvalue weighted by Gasteiger charge is 2.40. The van der Waals surface area contributed by atoms with Crippen LogP contribution in [0.1, 0.15) is 41.1 Å². The van der Waals surface area contributed by atoms with Crippen LogP contribution in [0, 0.1) is 13.8 Å². The van der Waals surface area contributed by atoms with Crippen LogP contribution in [-0.2, 0) is 4.74 Å². The van der Waals surface area contributed by atoms with Crippen molar-refractivity contribution in [1.82, 2.24) is 25.1 Å². The van der Waals surface area contributed by atoms with Crippen LogP contribution >= 0.6 is 12.2 Å². The summed E-state index contributed by atoms with van der Waals surface area (Å²) in [6, 6.07) is 8.54. The third-order valence-electron chi connectivity index (χ3n) is 5.68. The zero-order chi connectivity index (χ0) is 19.5. The highest BCUT2D eigenvalue weighted by Crippen LogP contribution is 2.40. The second-order valence-electron chi connectivity index (χ2n) is 7.66. The SMILES string of the molecule is Cc1cc([C@@H]2[C@@H](c3ccccn3)NC(=S)N2CCCN2CCOCC2)c(C)[nH]1. The van der Waals surface area contributed by atoms with Crippen molar-refractivity contribution in [1.29, 1.82) is 0 Å². The zero-order valence-electron chi connectivity index (χ0n) is 16.6. The first-order valence-corrected chi connectivity index (χ1v) is 10.5. The van der Waals surface area contributed by atoms with Crippen molar-refractivity contribution >= 4 is 17.3 Å². The minimum atomic E-state index is 0.0611. The standard InChI is InChI=1S/C21H29N5OS/c1-15-14-17(16(2)23-15)20-19(18-6-3-4-7-22-18)24-21(28)26(20)9-5-8-25-10-12-27-13-11-25/h3-4,6-7,14,19-20,23H,5,8-13H2,1-2H3,(H,24,28)/t19-,20-/m1/s1. The number of aryl methyl sites for hydroxylation is 2. The van der Waals surface area contributed by atoms with Gasteiger partial charge in [0.15, 0.2) is 5.11 Å². The van der Waals surface area contributed by atoms with Crippen molar-refractivity contribution in [3.8, 4) is 0 Å². The van der Waals surface area contributed by atoms with Gasteiger partial charge in [-0.1, -0.05) is 6.07 Å². The molecular weight excluding hydrogens is 370 g/mol. The molecule has 6 nitrogen and oxygen atoms in total. The molecule has 0 aromatic carbocycles. The second kappa shape index (κ2) is 8.59. The number of hydrogen-bond acceptors (Lipinski definition) is 4. The molecule has 0 bridgehead atoms. The van der Waals surface area contributed by atoms with Gasteiger partial charge in [-0.15, -0.1) is 0 Å². The van der Waals surface area contributed by atoms with E-state index in [1.165, 1.54) is 17.0 Å². The Morgan fingerprint density at radius 1 is 1.21 bits per heavy atom. The van der Waals surface area contributed by atoms with Gasteiger partial charge < -0.3 is 19.9 Å². The Morgan fingerprint density at radius 3 is 2.71 bits per heavy atom. The molecule has 28 heavy (non-hydrogen) atoms. The van der Waals surface area contributed by atoms with E-state index in [1.807, 2.05) is 18.3 Å². The fraction of sp³-hybridized carbons (Fsp3) is 0.524. The zero-order valence-corrected chi connectivity index (χ0v) is 17.5. The van der Waals surface area contributed by atoms with Gasteiger partial charge in [-0.05, 0) is 56.2 Å². The third-order valence-corrected chi connectivity index (χ3v) is 6.04. The molecule has 2 aromatic heterocycles. The van der Waals surface area contributed by atoms with Gasteiger partial charge in [0.05, 0.1) is 31.0 Å². The second-order valence-corrected chi connectivity index (χ2v) is 8.05. The minimum absolute atomic E-state index is 0.0611. The molecule has 7 heteroatoms. The Bertz CT molecular complexity index is 802. The number of H-pyrrole nitrogens is 1. The molecule has 2 aliphatic rings. The normalized spacial score (nSPS) is 23.2. The van der Waals surface area contributed by atoms with Gasteiger partial charge in [0.2, 0.25) is 0 Å². The van der Waals surface area contributed by atoms with Gasteiger partial charge in [-0.3, -0.25) is 9.88 Å². The number of aromatic amines is 1. The summed E-state index contributed by atoms with van der Waals surface area (Å²) in [5.41, 5.74) is 4.71. The van der Waals surface area contributed by atoms with E-state index >= 15 is 0 Å². The fourth-order valence-electron chi connectivity index (χ4n) is 4.33. The maximum absolute atomic E-state index is 5.76. The lowest BCUT2D eigenvalue weighted by Crippen LogP contribution is -2.39. The molecule has 2 aromatic rings. The Hall–Kier alpha value is -1.96. The number of nitrogens with one attached hydrogen (secondary N) is 2. The van der Waals surface area contributed by atoms with Crippen molar-refractivity contribution in [2.45, 2.75) is 32.4 Å². The summed E-state index contributed by atoms with van der Waals surface area (Å²) in [6.45, 7) is 10.00. The predicted octanol–water partition coefficient (Wildman–Crippen LogP) is 2.72. The molecule has 2 atom stereocenters. The summed E-state index contributed by atoms with van der Waals surface area (Å²) >= 11 is 5.76. The van der Waals surface area contributed by atoms with Gasteiger partial charge in [0.1, 0.15) is 0 Å². The molecule has 2 aliphatic heterocycles. The summed E-state index contributed by atoms with van der Waals surface area (Å²) in [6.07, 6.45) is 2.93. The Morgan fingerprint density at radius 2 is 2.04 bits per heavy atom. The van der Waals surface area contributed by atoms with E-state index in [1.54, 1.807) is 0 Å². The smallest absolute Gasteiger partial charge is 0.170 e. The van der Waals surface area contributed by atoms with Crippen LogP contribution in [0.5, 0.6) is 0 Å². The Balaban J connectivity index is 1.54. The predicted molar refractivity (Wildman–Crippen MR) is 114 cm³/mol. The van der Waals surface area contributed by atoms with Gasteiger partial charge in [0.25, 0.3) is 0 Å². The number of rotatable bonds is 6. The van der Waals surface area contributed by atoms with E-state index in [2.05, 4.69) is 51.1 Å². The van der Waals surface area contributed by atoms with E-state index in [4.69, 9.17) is 17.0 Å². The first kappa shape index (κ1) is 19.4. The number of ether oxygens (including phenoxy) is 1. The molecule has 0 aliphatic carbocycles. The van der Waals surface area contributed by atoms with Crippen LogP contribution in [0.4, 0.5) is 0 Å². The molecule has 0 spiro atoms. The maximum Gasteiger partial charge on any atom is 0.170 e. The summed E-state index contributed by atoms with van der Waals surface area (Å²) in [5.74, 6) is 0. The number of aromatic nitrogens is 2. The molecule has 0 amide bonds. The van der Waals surface area contributed by atoms with Crippen molar-refractivity contribution in [3.05, 3.63) is 53.1 Å². The third kappa shape index (κ3) is 4.06. The Labute approximate surface area is 172 Å². The summed E-state index contributed by atoms with van der Waals surface area (Å²) in [4.78, 5) is 12.9. The molecule has 4 rings (SSSR count). The summed E-state index contributed by atoms with van der Waals surface area (Å²) in [5, 5.41) is 4.36. The molecule has 2 N–H and O–H groups in total. The van der Waals surface area contributed by atoms with Crippen LogP contribution in [0.25, 0.3) is 0 Å². The van der Waals surface area contributed by atoms with Crippen LogP contribution in [0.2, 0.25) is 0 Å². The summed E-state index contributed by atoms with van der Waals surface area (Å²) < 4.78 is 5.46. The number of hydrogen-bond donors (Lipinski definition) is 2. The lowest BCUT2D eigenvalue weighted by molar-refractivity contribution is 0.0365. The molecule has 0 unspecified atom stereocenters. The van der Waals surface area contributed by atoms with E-state index in [0.717, 1.165) is 56.6 Å². The van der Waals surface area contributed by atoms with E-state index in [9.17, 15) is 0 Å². The molecule has 150 valence electrons.